The first kappa shape index (κ1) is 19.4. The van der Waals surface area contributed by atoms with Gasteiger partial charge in [0.2, 0.25) is 0 Å². The molecule has 0 radical (unpaired) electrons. The minimum absolute atomic E-state index is 0.0425. The van der Waals surface area contributed by atoms with Crippen molar-refractivity contribution in [3.05, 3.63) is 29.8 Å². The number of alkyl halides is 1. The van der Waals surface area contributed by atoms with Crippen LogP contribution in [-0.2, 0) is 19.4 Å². The quantitative estimate of drug-likeness (QED) is 0.291. The van der Waals surface area contributed by atoms with Crippen molar-refractivity contribution in [1.82, 2.24) is 0 Å². The van der Waals surface area contributed by atoms with E-state index in [1.165, 1.54) is 0 Å². The Morgan fingerprint density at radius 2 is 1.86 bits per heavy atom. The zero-order valence-corrected chi connectivity index (χ0v) is 15.7. The number of hydrogen-bond donors (Lipinski definition) is 1. The number of carbonyl (C=O) groups excluding carboxylic acids is 1. The number of halogens is 1. The third-order valence-corrected chi connectivity index (χ3v) is 6.34. The van der Waals surface area contributed by atoms with Gasteiger partial charge >= 0.3 is 5.97 Å². The van der Waals surface area contributed by atoms with Gasteiger partial charge in [-0.2, -0.15) is 0 Å². The molecule has 1 N–H and O–H groups in total. The molecule has 0 aliphatic carbocycles. The molecule has 124 valence electrons. The van der Waals surface area contributed by atoms with Crippen LogP contribution >= 0.6 is 22.6 Å². The van der Waals surface area contributed by atoms with Crippen LogP contribution in [0.5, 0.6) is 0 Å². The molecule has 1 rings (SSSR count). The van der Waals surface area contributed by atoms with Gasteiger partial charge in [0, 0.05) is 6.61 Å². The van der Waals surface area contributed by atoms with Gasteiger partial charge in [0.25, 0.3) is 0 Å². The summed E-state index contributed by atoms with van der Waals surface area (Å²) in [6.45, 7) is 3.65. The van der Waals surface area contributed by atoms with Gasteiger partial charge in [-0.05, 0) is 38.8 Å². The van der Waals surface area contributed by atoms with E-state index >= 15 is 0 Å². The van der Waals surface area contributed by atoms with Crippen molar-refractivity contribution < 1.29 is 23.1 Å². The summed E-state index contributed by atoms with van der Waals surface area (Å²) in [5.74, 6) is -0.871. The topological polar surface area (TPSA) is 80.7 Å². The predicted octanol–water partition coefficient (Wildman–Crippen LogP) is 2.28. The SMILES string of the molecule is Cc1ccc(S(=O)(=O)CC(C)(I)C(=O)OCCCCO)cc1. The van der Waals surface area contributed by atoms with Crippen molar-refractivity contribution in [2.45, 2.75) is 35.0 Å². The van der Waals surface area contributed by atoms with Crippen LogP contribution in [0.2, 0.25) is 0 Å². The molecule has 0 fully saturated rings. The average molecular weight is 440 g/mol. The molecule has 0 bridgehead atoms. The Morgan fingerprint density at radius 1 is 1.27 bits per heavy atom. The van der Waals surface area contributed by atoms with Crippen LogP contribution in [0.1, 0.15) is 25.3 Å². The van der Waals surface area contributed by atoms with Gasteiger partial charge < -0.3 is 9.84 Å². The Kier molecular flexibility index (Phi) is 7.27. The highest BCUT2D eigenvalue weighted by molar-refractivity contribution is 14.1. The molecular formula is C15H21IO5S. The van der Waals surface area contributed by atoms with Crippen LogP contribution in [0.25, 0.3) is 0 Å². The van der Waals surface area contributed by atoms with E-state index in [0.717, 1.165) is 5.56 Å². The Morgan fingerprint density at radius 3 is 2.41 bits per heavy atom. The first-order chi connectivity index (χ1) is 10.2. The second-order valence-corrected chi connectivity index (χ2v) is 9.71. The molecule has 0 aromatic heterocycles. The van der Waals surface area contributed by atoms with Gasteiger partial charge in [0.05, 0.1) is 17.3 Å². The summed E-state index contributed by atoms with van der Waals surface area (Å²) < 4.78 is 28.7. The van der Waals surface area contributed by atoms with Crippen LogP contribution in [0.15, 0.2) is 29.2 Å². The maximum atomic E-state index is 12.4. The molecule has 1 aromatic carbocycles. The van der Waals surface area contributed by atoms with E-state index < -0.39 is 19.2 Å². The average Bonchev–Trinajstić information content (AvgIpc) is 2.42. The van der Waals surface area contributed by atoms with Gasteiger partial charge in [-0.25, -0.2) is 8.42 Å². The third kappa shape index (κ3) is 5.85. The molecular weight excluding hydrogens is 419 g/mol. The number of benzene rings is 1. The van der Waals surface area contributed by atoms with Gasteiger partial charge in [0.1, 0.15) is 3.42 Å². The van der Waals surface area contributed by atoms with Crippen LogP contribution in [-0.4, -0.2) is 41.9 Å². The fourth-order valence-electron chi connectivity index (χ4n) is 1.77. The lowest BCUT2D eigenvalue weighted by atomic mass is 10.2. The van der Waals surface area contributed by atoms with Crippen LogP contribution in [0, 0.1) is 6.92 Å². The Labute approximate surface area is 145 Å². The highest BCUT2D eigenvalue weighted by Crippen LogP contribution is 2.26. The number of aryl methyl sites for hydroxylation is 1. The number of aliphatic hydroxyl groups is 1. The predicted molar refractivity (Wildman–Crippen MR) is 92.9 cm³/mol. The fourth-order valence-corrected chi connectivity index (χ4v) is 4.71. The zero-order chi connectivity index (χ0) is 16.8. The summed E-state index contributed by atoms with van der Waals surface area (Å²) in [4.78, 5) is 12.2. The Hall–Kier alpha value is -0.670. The summed E-state index contributed by atoms with van der Waals surface area (Å²) in [5, 5.41) is 8.67. The fraction of sp³-hybridized carbons (Fsp3) is 0.533. The molecule has 5 nitrogen and oxygen atoms in total. The number of carbonyl (C=O) groups is 1. The standard InChI is InChI=1S/C15H21IO5S/c1-12-5-7-13(8-6-12)22(19,20)11-15(2,16)14(18)21-10-4-3-9-17/h5-8,17H,3-4,9-11H2,1-2H3. The molecule has 0 spiro atoms. The van der Waals surface area contributed by atoms with Crippen molar-refractivity contribution in [2.75, 3.05) is 19.0 Å². The number of rotatable bonds is 8. The van der Waals surface area contributed by atoms with E-state index in [-0.39, 0.29) is 23.9 Å². The number of ether oxygens (including phenoxy) is 1. The van der Waals surface area contributed by atoms with Crippen molar-refractivity contribution in [3.63, 3.8) is 0 Å². The number of esters is 1. The molecule has 1 unspecified atom stereocenters. The summed E-state index contributed by atoms with van der Waals surface area (Å²) in [6.07, 6.45) is 1.10. The number of hydrogen-bond acceptors (Lipinski definition) is 5. The van der Waals surface area contributed by atoms with Crippen LogP contribution in [0.4, 0.5) is 0 Å². The van der Waals surface area contributed by atoms with Crippen LogP contribution in [0.3, 0.4) is 0 Å². The van der Waals surface area contributed by atoms with E-state index in [0.29, 0.717) is 12.8 Å². The zero-order valence-electron chi connectivity index (χ0n) is 12.7. The third-order valence-electron chi connectivity index (χ3n) is 3.05. The Bertz CT molecular complexity index is 593. The first-order valence-electron chi connectivity index (χ1n) is 6.95. The molecule has 0 saturated heterocycles. The highest BCUT2D eigenvalue weighted by Gasteiger charge is 2.37. The second kappa shape index (κ2) is 8.26. The summed E-state index contributed by atoms with van der Waals surface area (Å²) in [7, 11) is -3.56. The van der Waals surface area contributed by atoms with Crippen LogP contribution < -0.4 is 0 Å². The molecule has 0 aliphatic heterocycles. The molecule has 7 heteroatoms. The lowest BCUT2D eigenvalue weighted by Gasteiger charge is -2.20. The van der Waals surface area contributed by atoms with Gasteiger partial charge in [-0.3, -0.25) is 4.79 Å². The van der Waals surface area contributed by atoms with Gasteiger partial charge in [0.15, 0.2) is 9.84 Å². The van der Waals surface area contributed by atoms with E-state index in [9.17, 15) is 13.2 Å². The molecule has 0 heterocycles. The number of aliphatic hydroxyl groups excluding tert-OH is 1. The molecule has 0 saturated carbocycles. The normalized spacial score (nSPS) is 14.4. The molecule has 1 atom stereocenters. The van der Waals surface area contributed by atoms with E-state index in [4.69, 9.17) is 9.84 Å². The van der Waals surface area contributed by atoms with Gasteiger partial charge in [-0.15, -0.1) is 0 Å². The van der Waals surface area contributed by atoms with Crippen molar-refractivity contribution >= 4 is 38.4 Å². The van der Waals surface area contributed by atoms with Crippen molar-refractivity contribution in [1.29, 1.82) is 0 Å². The monoisotopic (exact) mass is 440 g/mol. The minimum Gasteiger partial charge on any atom is -0.465 e. The summed E-state index contributed by atoms with van der Waals surface area (Å²) in [5.41, 5.74) is 0.972. The van der Waals surface area contributed by atoms with Gasteiger partial charge in [-0.1, -0.05) is 40.3 Å². The number of unbranched alkanes of at least 4 members (excludes halogenated alkanes) is 1. The largest absolute Gasteiger partial charge is 0.465 e. The number of sulfone groups is 1. The first-order valence-corrected chi connectivity index (χ1v) is 9.68. The molecule has 0 aliphatic rings. The summed E-state index contributed by atoms with van der Waals surface area (Å²) in [6, 6.07) is 6.54. The van der Waals surface area contributed by atoms with Crippen molar-refractivity contribution in [2.24, 2.45) is 0 Å². The molecule has 1 aromatic rings. The second-order valence-electron chi connectivity index (χ2n) is 5.34. The molecule has 22 heavy (non-hydrogen) atoms. The lowest BCUT2D eigenvalue weighted by molar-refractivity contribution is -0.145. The highest BCUT2D eigenvalue weighted by atomic mass is 127. The molecule has 0 amide bonds. The summed E-state index contributed by atoms with van der Waals surface area (Å²) >= 11 is 1.82. The van der Waals surface area contributed by atoms with E-state index in [1.54, 1.807) is 31.2 Å². The van der Waals surface area contributed by atoms with E-state index in [1.807, 2.05) is 29.5 Å². The maximum absolute atomic E-state index is 12.4. The smallest absolute Gasteiger partial charge is 0.322 e. The minimum atomic E-state index is -3.56. The lowest BCUT2D eigenvalue weighted by Crippen LogP contribution is -2.38. The Balaban J connectivity index is 2.73. The van der Waals surface area contributed by atoms with E-state index in [2.05, 4.69) is 0 Å². The van der Waals surface area contributed by atoms with Crippen molar-refractivity contribution in [3.8, 4) is 0 Å². The maximum Gasteiger partial charge on any atom is 0.322 e.